The minimum atomic E-state index is 0.0700. The molecule has 6 heteroatoms. The predicted molar refractivity (Wildman–Crippen MR) is 136 cm³/mol. The molecule has 0 bridgehead atoms. The summed E-state index contributed by atoms with van der Waals surface area (Å²) in [6.45, 7) is 9.04. The van der Waals surface area contributed by atoms with Gasteiger partial charge in [0.05, 0.1) is 24.6 Å². The topological polar surface area (TPSA) is 72.2 Å². The van der Waals surface area contributed by atoms with Crippen LogP contribution in [0.15, 0.2) is 59.2 Å². The minimum absolute atomic E-state index is 0.0700. The van der Waals surface area contributed by atoms with Gasteiger partial charge in [-0.05, 0) is 81.6 Å². The molecule has 4 aromatic rings. The van der Waals surface area contributed by atoms with Gasteiger partial charge in [-0.2, -0.15) is 0 Å². The Bertz CT molecular complexity index is 1280. The third kappa shape index (κ3) is 5.07. The van der Waals surface area contributed by atoms with E-state index in [0.29, 0.717) is 5.92 Å². The van der Waals surface area contributed by atoms with Gasteiger partial charge in [-0.3, -0.25) is 0 Å². The molecule has 176 valence electrons. The van der Waals surface area contributed by atoms with E-state index in [1.807, 2.05) is 31.2 Å². The van der Waals surface area contributed by atoms with E-state index in [1.165, 1.54) is 12.8 Å². The molecular weight excluding hydrogens is 424 g/mol. The smallest absolute Gasteiger partial charge is 0.134 e. The standard InChI is InChI=1S/C28H32N4O2/c1-18-16-34-27-10-9-23(13-25(18)27)26-14-28(32-20(3)31-26)30-19(2)22-7-4-8-24(12-22)33-17-21-6-5-11-29-15-21/h4,7-10,12-14,16,19,21,29H,5-6,11,15,17H2,1-3H3,(H,30,31,32). The van der Waals surface area contributed by atoms with Gasteiger partial charge in [0.1, 0.15) is 23.0 Å². The molecule has 34 heavy (non-hydrogen) atoms. The Balaban J connectivity index is 1.31. The zero-order valence-electron chi connectivity index (χ0n) is 20.1. The Labute approximate surface area is 200 Å². The van der Waals surface area contributed by atoms with Crippen LogP contribution >= 0.6 is 0 Å². The Morgan fingerprint density at radius 1 is 1.15 bits per heavy atom. The highest BCUT2D eigenvalue weighted by atomic mass is 16.5. The lowest BCUT2D eigenvalue weighted by Crippen LogP contribution is -2.33. The molecule has 6 nitrogen and oxygen atoms in total. The van der Waals surface area contributed by atoms with Gasteiger partial charge in [-0.15, -0.1) is 0 Å². The van der Waals surface area contributed by atoms with E-state index >= 15 is 0 Å². The monoisotopic (exact) mass is 456 g/mol. The molecule has 0 spiro atoms. The number of aromatic nitrogens is 2. The van der Waals surface area contributed by atoms with Gasteiger partial charge < -0.3 is 19.8 Å². The summed E-state index contributed by atoms with van der Waals surface area (Å²) in [5.74, 6) is 3.04. The van der Waals surface area contributed by atoms with Crippen LogP contribution in [0.25, 0.3) is 22.2 Å². The van der Waals surface area contributed by atoms with Gasteiger partial charge in [0.15, 0.2) is 0 Å². The Morgan fingerprint density at radius 2 is 2.06 bits per heavy atom. The van der Waals surface area contributed by atoms with Crippen LogP contribution < -0.4 is 15.4 Å². The fourth-order valence-corrected chi connectivity index (χ4v) is 4.56. The van der Waals surface area contributed by atoms with Crippen LogP contribution in [0.3, 0.4) is 0 Å². The molecule has 1 saturated heterocycles. The van der Waals surface area contributed by atoms with Gasteiger partial charge in [0, 0.05) is 29.5 Å². The summed E-state index contributed by atoms with van der Waals surface area (Å²) in [4.78, 5) is 9.32. The summed E-state index contributed by atoms with van der Waals surface area (Å²) < 4.78 is 11.7. The molecule has 2 aromatic heterocycles. The molecule has 2 aromatic carbocycles. The molecule has 0 radical (unpaired) electrons. The van der Waals surface area contributed by atoms with Crippen molar-refractivity contribution in [3.05, 3.63) is 71.7 Å². The molecule has 1 aliphatic rings. The van der Waals surface area contributed by atoms with Crippen LogP contribution in [0.5, 0.6) is 5.75 Å². The van der Waals surface area contributed by atoms with E-state index in [1.54, 1.807) is 6.26 Å². The third-order valence-electron chi connectivity index (χ3n) is 6.51. The number of nitrogens with zero attached hydrogens (tertiary/aromatic N) is 2. The second-order valence-electron chi connectivity index (χ2n) is 9.28. The summed E-state index contributed by atoms with van der Waals surface area (Å²) >= 11 is 0. The zero-order chi connectivity index (χ0) is 23.5. The number of anilines is 1. The molecule has 5 rings (SSSR count). The quantitative estimate of drug-likeness (QED) is 0.352. The molecule has 1 fully saturated rings. The van der Waals surface area contributed by atoms with Crippen molar-refractivity contribution >= 4 is 16.8 Å². The largest absolute Gasteiger partial charge is 0.493 e. The lowest BCUT2D eigenvalue weighted by molar-refractivity contribution is 0.218. The number of hydrogen-bond acceptors (Lipinski definition) is 6. The number of ether oxygens (including phenoxy) is 1. The van der Waals surface area contributed by atoms with Crippen molar-refractivity contribution in [2.75, 3.05) is 25.0 Å². The first kappa shape index (κ1) is 22.4. The van der Waals surface area contributed by atoms with Crippen LogP contribution in [0.4, 0.5) is 5.82 Å². The molecule has 3 heterocycles. The number of nitrogens with one attached hydrogen (secondary N) is 2. The average molecular weight is 457 g/mol. The minimum Gasteiger partial charge on any atom is -0.493 e. The Morgan fingerprint density at radius 3 is 2.91 bits per heavy atom. The van der Waals surface area contributed by atoms with Gasteiger partial charge in [-0.1, -0.05) is 12.1 Å². The number of piperidine rings is 1. The van der Waals surface area contributed by atoms with Crippen molar-refractivity contribution in [3.8, 4) is 17.0 Å². The predicted octanol–water partition coefficient (Wildman–Crippen LogP) is 6.06. The first-order chi connectivity index (χ1) is 16.5. The highest BCUT2D eigenvalue weighted by Crippen LogP contribution is 2.29. The van der Waals surface area contributed by atoms with Crippen molar-refractivity contribution in [2.24, 2.45) is 5.92 Å². The molecule has 2 N–H and O–H groups in total. The first-order valence-corrected chi connectivity index (χ1v) is 12.1. The summed E-state index contributed by atoms with van der Waals surface area (Å²) in [5.41, 5.74) is 5.11. The number of fused-ring (bicyclic) bond motifs is 1. The van der Waals surface area contributed by atoms with Crippen molar-refractivity contribution in [1.82, 2.24) is 15.3 Å². The zero-order valence-corrected chi connectivity index (χ0v) is 20.1. The second kappa shape index (κ2) is 9.85. The maximum absolute atomic E-state index is 6.12. The highest BCUT2D eigenvalue weighted by molar-refractivity contribution is 5.85. The number of rotatable bonds is 7. The highest BCUT2D eigenvalue weighted by Gasteiger charge is 2.15. The summed E-state index contributed by atoms with van der Waals surface area (Å²) in [6.07, 6.45) is 4.25. The van der Waals surface area contributed by atoms with E-state index in [-0.39, 0.29) is 6.04 Å². The lowest BCUT2D eigenvalue weighted by Gasteiger charge is -2.23. The average Bonchev–Trinajstić information content (AvgIpc) is 3.23. The molecule has 0 aliphatic carbocycles. The number of furan rings is 1. The fourth-order valence-electron chi connectivity index (χ4n) is 4.56. The van der Waals surface area contributed by atoms with Crippen LogP contribution in [-0.2, 0) is 0 Å². The van der Waals surface area contributed by atoms with Crippen molar-refractivity contribution < 1.29 is 9.15 Å². The van der Waals surface area contributed by atoms with E-state index < -0.39 is 0 Å². The van der Waals surface area contributed by atoms with Gasteiger partial charge >= 0.3 is 0 Å². The molecule has 0 amide bonds. The fraction of sp³-hybridized carbons (Fsp3) is 0.357. The number of hydrogen-bond donors (Lipinski definition) is 2. The molecule has 2 unspecified atom stereocenters. The summed E-state index contributed by atoms with van der Waals surface area (Å²) in [7, 11) is 0. The maximum atomic E-state index is 6.12. The SMILES string of the molecule is Cc1nc(NC(C)c2cccc(OCC3CCCNC3)c2)cc(-c2ccc3occ(C)c3c2)n1. The van der Waals surface area contributed by atoms with E-state index in [9.17, 15) is 0 Å². The van der Waals surface area contributed by atoms with Gasteiger partial charge in [-0.25, -0.2) is 9.97 Å². The van der Waals surface area contributed by atoms with E-state index in [0.717, 1.165) is 70.4 Å². The number of benzene rings is 2. The van der Waals surface area contributed by atoms with Crippen LogP contribution in [0, 0.1) is 19.8 Å². The first-order valence-electron chi connectivity index (χ1n) is 12.1. The van der Waals surface area contributed by atoms with Crippen LogP contribution in [0.2, 0.25) is 0 Å². The molecule has 2 atom stereocenters. The Hall–Kier alpha value is -3.38. The maximum Gasteiger partial charge on any atom is 0.134 e. The van der Waals surface area contributed by atoms with Crippen molar-refractivity contribution in [1.29, 1.82) is 0 Å². The summed E-state index contributed by atoms with van der Waals surface area (Å²) in [6, 6.07) is 16.6. The van der Waals surface area contributed by atoms with E-state index in [4.69, 9.17) is 9.15 Å². The van der Waals surface area contributed by atoms with Gasteiger partial charge in [0.2, 0.25) is 0 Å². The molecule has 0 saturated carbocycles. The number of aryl methyl sites for hydroxylation is 2. The molecular formula is C28H32N4O2. The van der Waals surface area contributed by atoms with E-state index in [2.05, 4.69) is 58.7 Å². The molecule has 1 aliphatic heterocycles. The van der Waals surface area contributed by atoms with Crippen molar-refractivity contribution in [3.63, 3.8) is 0 Å². The van der Waals surface area contributed by atoms with Crippen LogP contribution in [-0.4, -0.2) is 29.7 Å². The van der Waals surface area contributed by atoms with Crippen LogP contribution in [0.1, 0.15) is 42.8 Å². The lowest BCUT2D eigenvalue weighted by atomic mass is 10.0. The Kier molecular flexibility index (Phi) is 6.50. The summed E-state index contributed by atoms with van der Waals surface area (Å²) in [5, 5.41) is 8.11. The van der Waals surface area contributed by atoms with Crippen molar-refractivity contribution in [2.45, 2.75) is 39.7 Å². The normalized spacial score (nSPS) is 17.0. The second-order valence-corrected chi connectivity index (χ2v) is 9.28. The van der Waals surface area contributed by atoms with Gasteiger partial charge in [0.25, 0.3) is 0 Å². The third-order valence-corrected chi connectivity index (χ3v) is 6.51.